The van der Waals surface area contributed by atoms with Crippen molar-refractivity contribution in [3.8, 4) is 0 Å². The van der Waals surface area contributed by atoms with Gasteiger partial charge in [0.1, 0.15) is 5.58 Å². The van der Waals surface area contributed by atoms with Crippen LogP contribution in [-0.2, 0) is 16.9 Å². The average Bonchev–Trinajstić information content (AvgIpc) is 3.54. The third-order valence-electron chi connectivity index (χ3n) is 7.81. The fourth-order valence-corrected chi connectivity index (χ4v) is 7.28. The standard InChI is InChI=1S/C32H22ClN3O5S/c1-16-7-6-8-19(13-16)15-35-23-10-5-4-9-22(23)32(30(35)40)25-26(38)21-14-20(33)11-12-24(21)41-27(25)29(39)36(32)31-34-17(2)28(42-31)18(3)37/h4-14H,15H2,1-3H3. The van der Waals surface area contributed by atoms with Gasteiger partial charge in [-0.1, -0.05) is 71.0 Å². The number of nitrogens with zero attached hydrogens (tertiary/aromatic N) is 3. The Hall–Kier alpha value is -4.60. The van der Waals surface area contributed by atoms with Gasteiger partial charge in [-0.05, 0) is 43.7 Å². The molecule has 10 heteroatoms. The molecule has 2 aliphatic heterocycles. The van der Waals surface area contributed by atoms with Crippen LogP contribution in [0.15, 0.2) is 75.9 Å². The van der Waals surface area contributed by atoms with Gasteiger partial charge in [0.15, 0.2) is 21.9 Å². The van der Waals surface area contributed by atoms with Crippen molar-refractivity contribution in [2.75, 3.05) is 9.80 Å². The lowest BCUT2D eigenvalue weighted by molar-refractivity contribution is -0.121. The van der Waals surface area contributed by atoms with Crippen molar-refractivity contribution in [1.29, 1.82) is 0 Å². The van der Waals surface area contributed by atoms with Crippen LogP contribution in [0, 0.1) is 13.8 Å². The third kappa shape index (κ3) is 3.50. The molecule has 0 bridgehead atoms. The number of benzene rings is 3. The second-order valence-corrected chi connectivity index (χ2v) is 11.9. The monoisotopic (exact) mass is 595 g/mol. The number of hydrogen-bond donors (Lipinski definition) is 0. The molecule has 0 radical (unpaired) electrons. The molecule has 2 aliphatic rings. The number of carbonyl (C=O) groups is 3. The van der Waals surface area contributed by atoms with Crippen LogP contribution < -0.4 is 15.2 Å². The number of Topliss-reactive ketones (excluding diaryl/α,β-unsaturated/α-hetero) is 1. The molecule has 0 aliphatic carbocycles. The minimum Gasteiger partial charge on any atom is -0.450 e. The molecule has 2 amide bonds. The van der Waals surface area contributed by atoms with Crippen LogP contribution in [0.5, 0.6) is 0 Å². The lowest BCUT2D eigenvalue weighted by Gasteiger charge is -2.32. The van der Waals surface area contributed by atoms with Crippen molar-refractivity contribution in [3.63, 3.8) is 0 Å². The highest BCUT2D eigenvalue weighted by Gasteiger charge is 2.66. The zero-order valence-electron chi connectivity index (χ0n) is 22.7. The number of thiazole rings is 1. The van der Waals surface area contributed by atoms with Gasteiger partial charge in [0.25, 0.3) is 11.8 Å². The Morgan fingerprint density at radius 3 is 2.55 bits per heavy atom. The predicted molar refractivity (Wildman–Crippen MR) is 161 cm³/mol. The summed E-state index contributed by atoms with van der Waals surface area (Å²) in [6.45, 7) is 5.27. The number of para-hydroxylation sites is 1. The Labute approximate surface area is 248 Å². The molecule has 0 saturated carbocycles. The van der Waals surface area contributed by atoms with E-state index in [0.717, 1.165) is 22.5 Å². The largest absolute Gasteiger partial charge is 0.450 e. The lowest BCUT2D eigenvalue weighted by atomic mass is 9.84. The highest BCUT2D eigenvalue weighted by Crippen LogP contribution is 2.55. The van der Waals surface area contributed by atoms with Crippen LogP contribution in [-0.4, -0.2) is 22.6 Å². The van der Waals surface area contributed by atoms with Gasteiger partial charge in [0.05, 0.1) is 33.8 Å². The molecule has 208 valence electrons. The number of aromatic nitrogens is 1. The van der Waals surface area contributed by atoms with E-state index < -0.39 is 22.8 Å². The summed E-state index contributed by atoms with van der Waals surface area (Å²) in [5.74, 6) is -1.65. The smallest absolute Gasteiger partial charge is 0.297 e. The molecule has 1 unspecified atom stereocenters. The Balaban J connectivity index is 1.57. The van der Waals surface area contributed by atoms with E-state index in [1.807, 2.05) is 31.2 Å². The second-order valence-electron chi connectivity index (χ2n) is 10.5. The van der Waals surface area contributed by atoms with Crippen molar-refractivity contribution in [1.82, 2.24) is 4.98 Å². The van der Waals surface area contributed by atoms with E-state index in [9.17, 15) is 19.2 Å². The Kier molecular flexibility index (Phi) is 5.77. The number of aryl methyl sites for hydroxylation is 2. The number of ketones is 1. The minimum absolute atomic E-state index is 0.0938. The molecule has 5 aromatic rings. The molecule has 1 spiro atoms. The van der Waals surface area contributed by atoms with E-state index >= 15 is 0 Å². The van der Waals surface area contributed by atoms with Gasteiger partial charge < -0.3 is 9.32 Å². The first-order chi connectivity index (χ1) is 20.1. The normalized spacial score (nSPS) is 17.4. The summed E-state index contributed by atoms with van der Waals surface area (Å²) in [5, 5.41) is 0.583. The van der Waals surface area contributed by atoms with Crippen LogP contribution in [0.3, 0.4) is 0 Å². The van der Waals surface area contributed by atoms with E-state index in [2.05, 4.69) is 4.98 Å². The highest BCUT2D eigenvalue weighted by molar-refractivity contribution is 7.17. The van der Waals surface area contributed by atoms with E-state index in [0.29, 0.717) is 26.8 Å². The van der Waals surface area contributed by atoms with Crippen molar-refractivity contribution in [3.05, 3.63) is 121 Å². The molecule has 1 atom stereocenters. The number of rotatable bonds is 4. The first-order valence-corrected chi connectivity index (χ1v) is 14.4. The molecule has 0 N–H and O–H groups in total. The summed E-state index contributed by atoms with van der Waals surface area (Å²) in [6, 6.07) is 19.5. The molecule has 42 heavy (non-hydrogen) atoms. The SMILES string of the molecule is CC(=O)c1sc(N2C(=O)c3oc4ccc(Cl)cc4c(=O)c3C23C(=O)N(Cc2cccc(C)c2)c2ccccc23)nc1C. The fourth-order valence-electron chi connectivity index (χ4n) is 6.09. The molecule has 0 saturated heterocycles. The fraction of sp³-hybridized carbons (Fsp3) is 0.156. The molecule has 7 rings (SSSR count). The van der Waals surface area contributed by atoms with Gasteiger partial charge in [0.2, 0.25) is 5.76 Å². The summed E-state index contributed by atoms with van der Waals surface area (Å²) in [7, 11) is 0. The number of amides is 2. The first kappa shape index (κ1) is 26.3. The average molecular weight is 596 g/mol. The molecule has 4 heterocycles. The lowest BCUT2D eigenvalue weighted by Crippen LogP contribution is -2.53. The van der Waals surface area contributed by atoms with E-state index in [4.69, 9.17) is 16.0 Å². The summed E-state index contributed by atoms with van der Waals surface area (Å²) < 4.78 is 6.10. The van der Waals surface area contributed by atoms with Crippen molar-refractivity contribution < 1.29 is 18.8 Å². The Bertz CT molecular complexity index is 2080. The summed E-state index contributed by atoms with van der Waals surface area (Å²) in [4.78, 5) is 63.9. The Morgan fingerprint density at radius 1 is 1.02 bits per heavy atom. The van der Waals surface area contributed by atoms with Crippen LogP contribution in [0.25, 0.3) is 11.0 Å². The Morgan fingerprint density at radius 2 is 1.81 bits per heavy atom. The second kappa shape index (κ2) is 9.20. The number of fused-ring (bicyclic) bond motifs is 5. The maximum Gasteiger partial charge on any atom is 0.297 e. The predicted octanol–water partition coefficient (Wildman–Crippen LogP) is 6.17. The first-order valence-electron chi connectivity index (χ1n) is 13.2. The van der Waals surface area contributed by atoms with Gasteiger partial charge in [-0.15, -0.1) is 0 Å². The minimum atomic E-state index is -1.91. The topological polar surface area (TPSA) is 101 Å². The molecular formula is C32H22ClN3O5S. The highest BCUT2D eigenvalue weighted by atomic mass is 35.5. The number of anilines is 2. The van der Waals surface area contributed by atoms with Gasteiger partial charge >= 0.3 is 0 Å². The molecular weight excluding hydrogens is 574 g/mol. The van der Waals surface area contributed by atoms with Gasteiger partial charge in [-0.3, -0.25) is 24.1 Å². The number of halogens is 1. The molecule has 0 fully saturated rings. The summed E-state index contributed by atoms with van der Waals surface area (Å²) >= 11 is 7.26. The quantitative estimate of drug-likeness (QED) is 0.230. The van der Waals surface area contributed by atoms with Crippen LogP contribution >= 0.6 is 22.9 Å². The van der Waals surface area contributed by atoms with E-state index in [1.165, 1.54) is 24.0 Å². The third-order valence-corrected chi connectivity index (χ3v) is 9.28. The van der Waals surface area contributed by atoms with Crippen LogP contribution in [0.1, 0.15) is 55.1 Å². The van der Waals surface area contributed by atoms with Gasteiger partial charge in [0, 0.05) is 17.5 Å². The van der Waals surface area contributed by atoms with E-state index in [-0.39, 0.29) is 39.8 Å². The van der Waals surface area contributed by atoms with Gasteiger partial charge in [-0.25, -0.2) is 4.98 Å². The van der Waals surface area contributed by atoms with Crippen LogP contribution in [0.2, 0.25) is 5.02 Å². The maximum absolute atomic E-state index is 15.0. The van der Waals surface area contributed by atoms with E-state index in [1.54, 1.807) is 42.2 Å². The summed E-state index contributed by atoms with van der Waals surface area (Å²) in [5.41, 5.74) is 0.964. The maximum atomic E-state index is 15.0. The number of carbonyl (C=O) groups excluding carboxylic acids is 3. The van der Waals surface area contributed by atoms with Crippen molar-refractivity contribution in [2.45, 2.75) is 32.9 Å². The van der Waals surface area contributed by atoms with Crippen molar-refractivity contribution >= 4 is 62.3 Å². The molecule has 3 aromatic carbocycles. The van der Waals surface area contributed by atoms with Crippen LogP contribution in [0.4, 0.5) is 10.8 Å². The van der Waals surface area contributed by atoms with Gasteiger partial charge in [-0.2, -0.15) is 0 Å². The molecule has 8 nitrogen and oxygen atoms in total. The van der Waals surface area contributed by atoms with Crippen molar-refractivity contribution in [2.24, 2.45) is 0 Å². The zero-order chi connectivity index (χ0) is 29.5. The zero-order valence-corrected chi connectivity index (χ0v) is 24.3. The summed E-state index contributed by atoms with van der Waals surface area (Å²) in [6.07, 6.45) is 0. The molecule has 2 aromatic heterocycles. The number of hydrogen-bond acceptors (Lipinski definition) is 7.